The van der Waals surface area contributed by atoms with E-state index < -0.39 is 0 Å². The van der Waals surface area contributed by atoms with Crippen molar-refractivity contribution >= 4 is 17.6 Å². The molecular formula is C20H20N4S. The van der Waals surface area contributed by atoms with Crippen molar-refractivity contribution in [3.05, 3.63) is 66.6 Å². The van der Waals surface area contributed by atoms with Crippen LogP contribution >= 0.6 is 11.8 Å². The lowest BCUT2D eigenvalue weighted by atomic mass is 10.2. The normalized spacial score (nSPS) is 14.9. The van der Waals surface area contributed by atoms with Crippen LogP contribution in [0.3, 0.4) is 0 Å². The molecule has 1 aliphatic rings. The van der Waals surface area contributed by atoms with Gasteiger partial charge in [-0.05, 0) is 44.0 Å². The van der Waals surface area contributed by atoms with Gasteiger partial charge in [-0.2, -0.15) is 0 Å². The fraction of sp³-hybridized carbons (Fsp3) is 0.250. The minimum Gasteiger partial charge on any atom is -0.369 e. The van der Waals surface area contributed by atoms with E-state index in [1.165, 1.54) is 17.7 Å². The zero-order chi connectivity index (χ0) is 17.1. The number of thioether (sulfide) groups is 1. The van der Waals surface area contributed by atoms with Gasteiger partial charge in [0.15, 0.2) is 5.82 Å². The summed E-state index contributed by atoms with van der Waals surface area (Å²) >= 11 is 1.97. The molecule has 0 bridgehead atoms. The Bertz CT molecular complexity index is 848. The Labute approximate surface area is 152 Å². The minimum absolute atomic E-state index is 0.286. The molecule has 0 aliphatic heterocycles. The fourth-order valence-electron chi connectivity index (χ4n) is 2.73. The Kier molecular flexibility index (Phi) is 4.40. The predicted molar refractivity (Wildman–Crippen MR) is 103 cm³/mol. The van der Waals surface area contributed by atoms with Crippen molar-refractivity contribution in [1.82, 2.24) is 15.0 Å². The molecule has 1 N–H and O–H groups in total. The van der Waals surface area contributed by atoms with Crippen LogP contribution in [0.4, 0.5) is 5.82 Å². The summed E-state index contributed by atoms with van der Waals surface area (Å²) in [6.45, 7) is 2.91. The van der Waals surface area contributed by atoms with Crippen LogP contribution in [0, 0.1) is 6.92 Å². The van der Waals surface area contributed by atoms with Crippen molar-refractivity contribution in [3.63, 3.8) is 0 Å². The molecule has 1 saturated carbocycles. The first kappa shape index (κ1) is 16.1. The lowest BCUT2D eigenvalue weighted by Gasteiger charge is -2.16. The number of benzene rings is 1. The summed E-state index contributed by atoms with van der Waals surface area (Å²) in [5, 5.41) is 3.53. The van der Waals surface area contributed by atoms with Crippen LogP contribution in [0.1, 0.15) is 18.5 Å². The van der Waals surface area contributed by atoms with Crippen LogP contribution < -0.4 is 5.32 Å². The van der Waals surface area contributed by atoms with E-state index in [0.29, 0.717) is 0 Å². The van der Waals surface area contributed by atoms with Crippen LogP contribution in [-0.4, -0.2) is 26.2 Å². The van der Waals surface area contributed by atoms with Gasteiger partial charge in [0.05, 0.1) is 0 Å². The summed E-state index contributed by atoms with van der Waals surface area (Å²) in [5.74, 6) is 1.60. The molecule has 5 heteroatoms. The van der Waals surface area contributed by atoms with Crippen LogP contribution in [0.15, 0.2) is 65.8 Å². The molecule has 4 nitrogen and oxygen atoms in total. The number of anilines is 1. The molecule has 1 aromatic carbocycles. The number of hydrogen-bond acceptors (Lipinski definition) is 5. The molecule has 0 saturated heterocycles. The predicted octanol–water partition coefficient (Wildman–Crippen LogP) is 4.58. The maximum Gasteiger partial charge on any atom is 0.163 e. The molecule has 25 heavy (non-hydrogen) atoms. The number of nitrogens with one attached hydrogen (secondary N) is 1. The van der Waals surface area contributed by atoms with Gasteiger partial charge in [0.2, 0.25) is 0 Å². The second-order valence-corrected chi connectivity index (χ2v) is 7.95. The van der Waals surface area contributed by atoms with Gasteiger partial charge in [-0.25, -0.2) is 9.97 Å². The second-order valence-electron chi connectivity index (χ2n) is 6.41. The molecule has 1 fully saturated rings. The van der Waals surface area contributed by atoms with E-state index in [9.17, 15) is 0 Å². The average molecular weight is 348 g/mol. The highest BCUT2D eigenvalue weighted by atomic mass is 32.2. The number of rotatable bonds is 6. The second kappa shape index (κ2) is 6.84. The Morgan fingerprint density at radius 2 is 1.92 bits per heavy atom. The van der Waals surface area contributed by atoms with Crippen molar-refractivity contribution in [2.75, 3.05) is 11.9 Å². The summed E-state index contributed by atoms with van der Waals surface area (Å²) in [6.07, 6.45) is 6.03. The molecule has 0 amide bonds. The SMILES string of the molecule is Cc1cc(NCC2(Sc3ccccc3)CC2)nc(-c2cccnc2)n1. The van der Waals surface area contributed by atoms with Gasteiger partial charge in [-0.15, -0.1) is 11.8 Å². The third kappa shape index (κ3) is 3.99. The standard InChI is InChI=1S/C20H20N4S/c1-15-12-18(24-19(23-15)16-6-5-11-21-13-16)22-14-20(9-10-20)25-17-7-3-2-4-8-17/h2-8,11-13H,9-10,14H2,1H3,(H,22,23,24). The Morgan fingerprint density at radius 3 is 2.64 bits per heavy atom. The third-order valence-electron chi connectivity index (χ3n) is 4.25. The monoisotopic (exact) mass is 348 g/mol. The number of aryl methyl sites for hydroxylation is 1. The molecule has 0 unspecified atom stereocenters. The van der Waals surface area contributed by atoms with Crippen LogP contribution in [0.25, 0.3) is 11.4 Å². The summed E-state index contributed by atoms with van der Waals surface area (Å²) in [7, 11) is 0. The minimum atomic E-state index is 0.286. The molecule has 2 heterocycles. The molecule has 3 aromatic rings. The van der Waals surface area contributed by atoms with Crippen molar-refractivity contribution in [2.45, 2.75) is 29.4 Å². The van der Waals surface area contributed by atoms with E-state index in [0.717, 1.165) is 29.4 Å². The molecule has 0 spiro atoms. The van der Waals surface area contributed by atoms with E-state index >= 15 is 0 Å². The van der Waals surface area contributed by atoms with Gasteiger partial charge >= 0.3 is 0 Å². The molecule has 2 aromatic heterocycles. The highest BCUT2D eigenvalue weighted by Gasteiger charge is 2.43. The first-order valence-electron chi connectivity index (χ1n) is 8.47. The smallest absolute Gasteiger partial charge is 0.163 e. The molecular weight excluding hydrogens is 328 g/mol. The Balaban J connectivity index is 1.47. The maximum atomic E-state index is 4.67. The van der Waals surface area contributed by atoms with Gasteiger partial charge in [0.1, 0.15) is 5.82 Å². The molecule has 0 atom stereocenters. The molecule has 1 aliphatic carbocycles. The zero-order valence-corrected chi connectivity index (χ0v) is 15.0. The van der Waals surface area contributed by atoms with Crippen molar-refractivity contribution in [1.29, 1.82) is 0 Å². The molecule has 0 radical (unpaired) electrons. The highest BCUT2D eigenvalue weighted by Crippen LogP contribution is 2.51. The molecule has 126 valence electrons. The number of pyridine rings is 1. The van der Waals surface area contributed by atoms with Crippen LogP contribution in [0.2, 0.25) is 0 Å². The summed E-state index contributed by atoms with van der Waals surface area (Å²) < 4.78 is 0.286. The van der Waals surface area contributed by atoms with Crippen LogP contribution in [0.5, 0.6) is 0 Å². The van der Waals surface area contributed by atoms with Gasteiger partial charge < -0.3 is 5.32 Å². The lowest BCUT2D eigenvalue weighted by molar-refractivity contribution is 0.931. The van der Waals surface area contributed by atoms with E-state index in [4.69, 9.17) is 0 Å². The van der Waals surface area contributed by atoms with E-state index in [2.05, 4.69) is 50.6 Å². The highest BCUT2D eigenvalue weighted by molar-refractivity contribution is 8.01. The van der Waals surface area contributed by atoms with E-state index in [-0.39, 0.29) is 4.75 Å². The summed E-state index contributed by atoms with van der Waals surface area (Å²) in [5.41, 5.74) is 1.89. The number of nitrogens with zero attached hydrogens (tertiary/aromatic N) is 3. The van der Waals surface area contributed by atoms with Gasteiger partial charge in [0, 0.05) is 45.9 Å². The summed E-state index contributed by atoms with van der Waals surface area (Å²) in [6, 6.07) is 16.5. The van der Waals surface area contributed by atoms with Gasteiger partial charge in [-0.1, -0.05) is 18.2 Å². The Hall–Kier alpha value is -2.40. The zero-order valence-electron chi connectivity index (χ0n) is 14.1. The average Bonchev–Trinajstić information content (AvgIpc) is 3.41. The number of aromatic nitrogens is 3. The maximum absolute atomic E-state index is 4.67. The largest absolute Gasteiger partial charge is 0.369 e. The Morgan fingerprint density at radius 1 is 1.08 bits per heavy atom. The lowest BCUT2D eigenvalue weighted by Crippen LogP contribution is -2.18. The fourth-order valence-corrected chi connectivity index (χ4v) is 3.97. The summed E-state index contributed by atoms with van der Waals surface area (Å²) in [4.78, 5) is 14.7. The first-order chi connectivity index (χ1) is 12.2. The third-order valence-corrected chi connectivity index (χ3v) is 5.74. The molecule has 4 rings (SSSR count). The van der Waals surface area contributed by atoms with Gasteiger partial charge in [0.25, 0.3) is 0 Å². The van der Waals surface area contributed by atoms with Crippen molar-refractivity contribution in [2.24, 2.45) is 0 Å². The number of hydrogen-bond donors (Lipinski definition) is 1. The quantitative estimate of drug-likeness (QED) is 0.706. The van der Waals surface area contributed by atoms with Crippen molar-refractivity contribution < 1.29 is 0 Å². The van der Waals surface area contributed by atoms with E-state index in [1.54, 1.807) is 12.4 Å². The van der Waals surface area contributed by atoms with Crippen LogP contribution in [-0.2, 0) is 0 Å². The van der Waals surface area contributed by atoms with E-state index in [1.807, 2.05) is 36.9 Å². The topological polar surface area (TPSA) is 50.7 Å². The van der Waals surface area contributed by atoms with Crippen molar-refractivity contribution in [3.8, 4) is 11.4 Å². The van der Waals surface area contributed by atoms with Gasteiger partial charge in [-0.3, -0.25) is 4.98 Å². The first-order valence-corrected chi connectivity index (χ1v) is 9.28.